The van der Waals surface area contributed by atoms with Gasteiger partial charge in [0.1, 0.15) is 0 Å². The second kappa shape index (κ2) is 11.6. The molecular formula is C8H18Sn+2. The Kier molecular flexibility index (Phi) is 16.0. The molecule has 0 amide bonds. The van der Waals surface area contributed by atoms with Gasteiger partial charge in [0.15, 0.2) is 0 Å². The third-order valence-corrected chi connectivity index (χ3v) is 1.46. The van der Waals surface area contributed by atoms with Crippen molar-refractivity contribution in [1.82, 2.24) is 0 Å². The molecule has 0 aliphatic rings. The monoisotopic (exact) mass is 234 g/mol. The molecule has 0 atom stereocenters. The van der Waals surface area contributed by atoms with Crippen LogP contribution in [0.4, 0.5) is 0 Å². The molecule has 0 aliphatic heterocycles. The van der Waals surface area contributed by atoms with E-state index in [9.17, 15) is 0 Å². The minimum Gasteiger partial charge on any atom is -0.0654 e. The second-order valence-electron chi connectivity index (χ2n) is 2.41. The zero-order chi connectivity index (χ0) is 6.24. The Labute approximate surface area is 76.4 Å². The molecule has 0 aromatic carbocycles. The van der Waals surface area contributed by atoms with E-state index in [0.29, 0.717) is 0 Å². The molecule has 1 heteroatoms. The second-order valence-corrected chi connectivity index (χ2v) is 2.41. The van der Waals surface area contributed by atoms with Crippen LogP contribution in [0.3, 0.4) is 0 Å². The van der Waals surface area contributed by atoms with E-state index in [4.69, 9.17) is 0 Å². The van der Waals surface area contributed by atoms with Crippen LogP contribution in [0.25, 0.3) is 0 Å². The van der Waals surface area contributed by atoms with Crippen LogP contribution >= 0.6 is 0 Å². The summed E-state index contributed by atoms with van der Waals surface area (Å²) < 4.78 is 0. The van der Waals surface area contributed by atoms with Gasteiger partial charge in [0.05, 0.1) is 0 Å². The van der Waals surface area contributed by atoms with Crippen molar-refractivity contribution in [2.24, 2.45) is 0 Å². The van der Waals surface area contributed by atoms with E-state index in [1.54, 1.807) is 0 Å². The maximum absolute atomic E-state index is 2.26. The van der Waals surface area contributed by atoms with Crippen LogP contribution in [0.2, 0.25) is 0 Å². The van der Waals surface area contributed by atoms with E-state index in [1.807, 2.05) is 0 Å². The fourth-order valence-electron chi connectivity index (χ4n) is 0.854. The zero-order valence-corrected chi connectivity index (χ0v) is 9.60. The fourth-order valence-corrected chi connectivity index (χ4v) is 0.854. The van der Waals surface area contributed by atoms with Gasteiger partial charge in [-0.25, -0.2) is 0 Å². The van der Waals surface area contributed by atoms with Crippen molar-refractivity contribution >= 4 is 23.9 Å². The summed E-state index contributed by atoms with van der Waals surface area (Å²) in [5.41, 5.74) is 0. The average molecular weight is 233 g/mol. The van der Waals surface area contributed by atoms with Crippen molar-refractivity contribution in [2.75, 3.05) is 0 Å². The van der Waals surface area contributed by atoms with E-state index >= 15 is 0 Å². The Balaban J connectivity index is 0. The van der Waals surface area contributed by atoms with Gasteiger partial charge < -0.3 is 0 Å². The summed E-state index contributed by atoms with van der Waals surface area (Å²) in [6.45, 7) is 4.51. The van der Waals surface area contributed by atoms with Crippen molar-refractivity contribution in [3.63, 3.8) is 0 Å². The van der Waals surface area contributed by atoms with Crippen molar-refractivity contribution in [2.45, 2.75) is 52.4 Å². The maximum Gasteiger partial charge on any atom is 2.00 e. The SMILES string of the molecule is CCCCCCCC.[Sn+2]. The maximum atomic E-state index is 2.26. The third kappa shape index (κ3) is 12.1. The van der Waals surface area contributed by atoms with E-state index in [2.05, 4.69) is 13.8 Å². The van der Waals surface area contributed by atoms with Gasteiger partial charge in [-0.2, -0.15) is 0 Å². The number of unbranched alkanes of at least 4 members (excludes halogenated alkanes) is 5. The first-order chi connectivity index (χ1) is 3.91. The molecule has 0 unspecified atom stereocenters. The first kappa shape index (κ1) is 12.5. The molecule has 0 saturated carbocycles. The van der Waals surface area contributed by atoms with Crippen molar-refractivity contribution < 1.29 is 0 Å². The summed E-state index contributed by atoms with van der Waals surface area (Å²) in [4.78, 5) is 0. The standard InChI is InChI=1S/C8H18.Sn/c1-3-5-7-8-6-4-2;/h3-8H2,1-2H3;/q;+2. The smallest absolute Gasteiger partial charge is 0.0654 e. The fraction of sp³-hybridized carbons (Fsp3) is 1.00. The molecule has 0 nitrogen and oxygen atoms in total. The molecule has 0 fully saturated rings. The van der Waals surface area contributed by atoms with Crippen LogP contribution in [0, 0.1) is 0 Å². The molecule has 2 radical (unpaired) electrons. The van der Waals surface area contributed by atoms with Gasteiger partial charge in [-0.05, 0) is 0 Å². The molecule has 0 aliphatic carbocycles. The number of rotatable bonds is 5. The van der Waals surface area contributed by atoms with Gasteiger partial charge in [0, 0.05) is 0 Å². The summed E-state index contributed by atoms with van der Waals surface area (Å²) in [7, 11) is 0. The van der Waals surface area contributed by atoms with Crippen LogP contribution in [0.15, 0.2) is 0 Å². The molecule has 0 heterocycles. The van der Waals surface area contributed by atoms with Gasteiger partial charge in [0.2, 0.25) is 0 Å². The van der Waals surface area contributed by atoms with Gasteiger partial charge in [-0.15, -0.1) is 0 Å². The predicted molar refractivity (Wildman–Crippen MR) is 44.8 cm³/mol. The first-order valence-electron chi connectivity index (χ1n) is 3.91. The van der Waals surface area contributed by atoms with Gasteiger partial charge in [-0.3, -0.25) is 0 Å². The molecule has 0 spiro atoms. The molecule has 0 N–H and O–H groups in total. The first-order valence-corrected chi connectivity index (χ1v) is 3.91. The minimum absolute atomic E-state index is 0. The molecule has 0 saturated heterocycles. The molecular weight excluding hydrogens is 215 g/mol. The average Bonchev–Trinajstić information content (AvgIpc) is 1.81. The number of hydrogen-bond acceptors (Lipinski definition) is 0. The quantitative estimate of drug-likeness (QED) is 0.505. The van der Waals surface area contributed by atoms with Gasteiger partial charge in [0.25, 0.3) is 0 Å². The minimum atomic E-state index is 0. The summed E-state index contributed by atoms with van der Waals surface area (Å²) >= 11 is 0. The van der Waals surface area contributed by atoms with Crippen molar-refractivity contribution in [3.8, 4) is 0 Å². The summed E-state index contributed by atoms with van der Waals surface area (Å²) in [5, 5.41) is 0. The van der Waals surface area contributed by atoms with Crippen molar-refractivity contribution in [3.05, 3.63) is 0 Å². The Hall–Kier alpha value is 0.799. The van der Waals surface area contributed by atoms with E-state index < -0.39 is 0 Å². The number of hydrogen-bond donors (Lipinski definition) is 0. The summed E-state index contributed by atoms with van der Waals surface area (Å²) in [6, 6.07) is 0. The molecule has 0 rings (SSSR count). The van der Waals surface area contributed by atoms with E-state index in [0.717, 1.165) is 0 Å². The Morgan fingerprint density at radius 2 is 1.00 bits per heavy atom. The van der Waals surface area contributed by atoms with E-state index in [-0.39, 0.29) is 23.9 Å². The Morgan fingerprint density at radius 3 is 1.22 bits per heavy atom. The normalized spacial score (nSPS) is 8.67. The summed E-state index contributed by atoms with van der Waals surface area (Å²) in [5.74, 6) is 0. The van der Waals surface area contributed by atoms with Crippen LogP contribution in [-0.2, 0) is 0 Å². The zero-order valence-electron chi connectivity index (χ0n) is 6.74. The summed E-state index contributed by atoms with van der Waals surface area (Å²) in [6.07, 6.45) is 8.49. The van der Waals surface area contributed by atoms with E-state index in [1.165, 1.54) is 38.5 Å². The van der Waals surface area contributed by atoms with Crippen LogP contribution in [-0.4, -0.2) is 23.9 Å². The molecule has 52 valence electrons. The molecule has 0 bridgehead atoms. The molecule has 9 heavy (non-hydrogen) atoms. The van der Waals surface area contributed by atoms with Gasteiger partial charge >= 0.3 is 23.9 Å². The van der Waals surface area contributed by atoms with Crippen molar-refractivity contribution in [1.29, 1.82) is 0 Å². The Morgan fingerprint density at radius 1 is 0.667 bits per heavy atom. The van der Waals surface area contributed by atoms with Crippen LogP contribution in [0.1, 0.15) is 52.4 Å². The van der Waals surface area contributed by atoms with Crippen LogP contribution < -0.4 is 0 Å². The van der Waals surface area contributed by atoms with Crippen LogP contribution in [0.5, 0.6) is 0 Å². The Bertz CT molecular complexity index is 29.5. The van der Waals surface area contributed by atoms with Gasteiger partial charge in [-0.1, -0.05) is 52.4 Å². The third-order valence-electron chi connectivity index (χ3n) is 1.46. The largest absolute Gasteiger partial charge is 2.00 e. The predicted octanol–water partition coefficient (Wildman–Crippen LogP) is 2.99. The molecule has 0 aromatic heterocycles. The topological polar surface area (TPSA) is 0 Å². The molecule has 0 aromatic rings.